The molecule has 17 heavy (non-hydrogen) atoms. The van der Waals surface area contributed by atoms with Gasteiger partial charge in [0, 0.05) is 5.56 Å². The molecule has 0 aromatic heterocycles. The average Bonchev–Trinajstić information content (AvgIpc) is 2.29. The largest absolute Gasteiger partial charge is 0.289 e. The van der Waals surface area contributed by atoms with Gasteiger partial charge in [0.25, 0.3) is 0 Å². The summed E-state index contributed by atoms with van der Waals surface area (Å²) in [6.07, 6.45) is 4.93. The molecule has 0 saturated heterocycles. The zero-order valence-corrected chi connectivity index (χ0v) is 10.3. The van der Waals surface area contributed by atoms with Crippen LogP contribution in [-0.4, -0.2) is 5.78 Å². The number of carbonyl (C=O) groups is 1. The van der Waals surface area contributed by atoms with E-state index in [2.05, 4.69) is 6.92 Å². The highest BCUT2D eigenvalue weighted by Gasteiger charge is 2.18. The van der Waals surface area contributed by atoms with Crippen molar-refractivity contribution in [3.05, 3.63) is 46.8 Å². The Bertz CT molecular complexity index is 474. The van der Waals surface area contributed by atoms with E-state index in [-0.39, 0.29) is 11.6 Å². The molecular weight excluding hydrogens is 215 g/mol. The van der Waals surface area contributed by atoms with Gasteiger partial charge in [-0.2, -0.15) is 0 Å². The lowest BCUT2D eigenvalue weighted by atomic mass is 9.86. The van der Waals surface area contributed by atoms with Gasteiger partial charge in [-0.3, -0.25) is 4.79 Å². The van der Waals surface area contributed by atoms with Gasteiger partial charge in [0.2, 0.25) is 0 Å². The van der Waals surface area contributed by atoms with Gasteiger partial charge in [-0.25, -0.2) is 4.39 Å². The topological polar surface area (TPSA) is 17.1 Å². The molecule has 0 spiro atoms. The van der Waals surface area contributed by atoms with E-state index in [0.717, 1.165) is 30.4 Å². The third kappa shape index (κ3) is 2.63. The van der Waals surface area contributed by atoms with Crippen molar-refractivity contribution in [2.75, 3.05) is 0 Å². The molecule has 1 atom stereocenters. The molecule has 0 amide bonds. The van der Waals surface area contributed by atoms with Crippen molar-refractivity contribution in [1.29, 1.82) is 0 Å². The Balaban J connectivity index is 2.25. The quantitative estimate of drug-likeness (QED) is 0.703. The molecule has 1 unspecified atom stereocenters. The first-order valence-corrected chi connectivity index (χ1v) is 6.08. The molecule has 0 bridgehead atoms. The van der Waals surface area contributed by atoms with E-state index < -0.39 is 0 Å². The van der Waals surface area contributed by atoms with Gasteiger partial charge in [-0.15, -0.1) is 0 Å². The minimum absolute atomic E-state index is 0.0643. The lowest BCUT2D eigenvalue weighted by Gasteiger charge is -2.17. The van der Waals surface area contributed by atoms with E-state index in [9.17, 15) is 9.18 Å². The van der Waals surface area contributed by atoms with Gasteiger partial charge in [0.1, 0.15) is 5.82 Å². The first kappa shape index (κ1) is 12.0. The van der Waals surface area contributed by atoms with Crippen molar-refractivity contribution < 1.29 is 9.18 Å². The van der Waals surface area contributed by atoms with Crippen LogP contribution in [0.1, 0.15) is 42.1 Å². The van der Waals surface area contributed by atoms with Crippen LogP contribution in [0.3, 0.4) is 0 Å². The van der Waals surface area contributed by atoms with Crippen molar-refractivity contribution >= 4 is 5.78 Å². The molecule has 2 rings (SSSR count). The second-order valence-electron chi connectivity index (χ2n) is 4.90. The van der Waals surface area contributed by atoms with E-state index in [1.54, 1.807) is 13.0 Å². The fraction of sp³-hybridized carbons (Fsp3) is 0.400. The van der Waals surface area contributed by atoms with Crippen LogP contribution in [0.4, 0.5) is 4.39 Å². The van der Waals surface area contributed by atoms with E-state index >= 15 is 0 Å². The number of aryl methyl sites for hydroxylation is 1. The second-order valence-corrected chi connectivity index (χ2v) is 4.90. The number of hydrogen-bond acceptors (Lipinski definition) is 1. The fourth-order valence-electron chi connectivity index (χ4n) is 2.23. The van der Waals surface area contributed by atoms with Gasteiger partial charge < -0.3 is 0 Å². The number of benzene rings is 1. The Kier molecular flexibility index (Phi) is 3.41. The van der Waals surface area contributed by atoms with Crippen LogP contribution in [0.5, 0.6) is 0 Å². The Morgan fingerprint density at radius 3 is 2.76 bits per heavy atom. The molecule has 1 aliphatic carbocycles. The Hall–Kier alpha value is -1.44. The first-order chi connectivity index (χ1) is 8.08. The maximum absolute atomic E-state index is 13.0. The number of hydrogen-bond donors (Lipinski definition) is 0. The van der Waals surface area contributed by atoms with Crippen LogP contribution < -0.4 is 0 Å². The molecule has 1 nitrogen and oxygen atoms in total. The van der Waals surface area contributed by atoms with Crippen LogP contribution in [0.15, 0.2) is 29.8 Å². The fourth-order valence-corrected chi connectivity index (χ4v) is 2.23. The van der Waals surface area contributed by atoms with Crippen molar-refractivity contribution in [3.63, 3.8) is 0 Å². The van der Waals surface area contributed by atoms with Crippen molar-refractivity contribution in [2.24, 2.45) is 5.92 Å². The lowest BCUT2D eigenvalue weighted by molar-refractivity contribution is 0.102. The van der Waals surface area contributed by atoms with Crippen LogP contribution in [-0.2, 0) is 0 Å². The Labute approximate surface area is 101 Å². The molecule has 90 valence electrons. The highest BCUT2D eigenvalue weighted by atomic mass is 19.1. The van der Waals surface area contributed by atoms with E-state index in [1.807, 2.05) is 6.08 Å². The zero-order chi connectivity index (χ0) is 12.4. The van der Waals surface area contributed by atoms with Crippen LogP contribution >= 0.6 is 0 Å². The molecule has 0 radical (unpaired) electrons. The number of allylic oxidation sites excluding steroid dienone is 2. The molecule has 1 aromatic rings. The predicted octanol–water partition coefficient (Wildman–Crippen LogP) is 4.06. The molecule has 0 aliphatic heterocycles. The molecule has 0 saturated carbocycles. The van der Waals surface area contributed by atoms with Gasteiger partial charge in [0.05, 0.1) is 0 Å². The third-order valence-electron chi connectivity index (χ3n) is 3.40. The SMILES string of the molecule is Cc1cc(F)ccc1C(=O)C1=CCC(C)CC1. The molecule has 0 heterocycles. The summed E-state index contributed by atoms with van der Waals surface area (Å²) >= 11 is 0. The monoisotopic (exact) mass is 232 g/mol. The summed E-state index contributed by atoms with van der Waals surface area (Å²) in [7, 11) is 0. The maximum atomic E-state index is 13.0. The average molecular weight is 232 g/mol. The van der Waals surface area contributed by atoms with Gasteiger partial charge in [-0.05, 0) is 61.4 Å². The van der Waals surface area contributed by atoms with Gasteiger partial charge in [-0.1, -0.05) is 13.0 Å². The van der Waals surface area contributed by atoms with Gasteiger partial charge >= 0.3 is 0 Å². The Morgan fingerprint density at radius 1 is 1.41 bits per heavy atom. The summed E-state index contributed by atoms with van der Waals surface area (Å²) in [6, 6.07) is 4.36. The lowest BCUT2D eigenvalue weighted by Crippen LogP contribution is -2.11. The number of halogens is 1. The summed E-state index contributed by atoms with van der Waals surface area (Å²) in [5.74, 6) is 0.445. The number of Topliss-reactive ketones (excluding diaryl/α,β-unsaturated/α-hetero) is 1. The smallest absolute Gasteiger partial charge is 0.188 e. The summed E-state index contributed by atoms with van der Waals surface area (Å²) in [5.41, 5.74) is 2.24. The number of rotatable bonds is 2. The maximum Gasteiger partial charge on any atom is 0.188 e. The van der Waals surface area contributed by atoms with Crippen LogP contribution in [0, 0.1) is 18.7 Å². The molecular formula is C15H17FO. The minimum Gasteiger partial charge on any atom is -0.289 e. The highest BCUT2D eigenvalue weighted by Crippen LogP contribution is 2.26. The minimum atomic E-state index is -0.287. The third-order valence-corrected chi connectivity index (χ3v) is 3.40. The summed E-state index contributed by atoms with van der Waals surface area (Å²) < 4.78 is 13.0. The predicted molar refractivity (Wildman–Crippen MR) is 66.6 cm³/mol. The number of carbonyl (C=O) groups excluding carboxylic acids is 1. The molecule has 1 aromatic carbocycles. The molecule has 0 fully saturated rings. The first-order valence-electron chi connectivity index (χ1n) is 6.08. The molecule has 1 aliphatic rings. The van der Waals surface area contributed by atoms with Crippen LogP contribution in [0.2, 0.25) is 0 Å². The van der Waals surface area contributed by atoms with E-state index in [0.29, 0.717) is 11.5 Å². The van der Waals surface area contributed by atoms with Gasteiger partial charge in [0.15, 0.2) is 5.78 Å². The summed E-state index contributed by atoms with van der Waals surface area (Å²) in [6.45, 7) is 3.98. The zero-order valence-electron chi connectivity index (χ0n) is 10.3. The molecule has 0 N–H and O–H groups in total. The van der Waals surface area contributed by atoms with Crippen molar-refractivity contribution in [2.45, 2.75) is 33.1 Å². The Morgan fingerprint density at radius 2 is 2.18 bits per heavy atom. The number of ketones is 1. The second kappa shape index (κ2) is 4.82. The van der Waals surface area contributed by atoms with E-state index in [1.165, 1.54) is 12.1 Å². The highest BCUT2D eigenvalue weighted by molar-refractivity contribution is 6.09. The molecule has 2 heteroatoms. The van der Waals surface area contributed by atoms with E-state index in [4.69, 9.17) is 0 Å². The normalized spacial score (nSPS) is 19.9. The summed E-state index contributed by atoms with van der Waals surface area (Å²) in [5, 5.41) is 0. The standard InChI is InChI=1S/C15H17FO/c1-10-3-5-12(6-4-10)15(17)14-8-7-13(16)9-11(14)2/h5,7-10H,3-4,6H2,1-2H3. The van der Waals surface area contributed by atoms with Crippen LogP contribution in [0.25, 0.3) is 0 Å². The van der Waals surface area contributed by atoms with Crippen molar-refractivity contribution in [3.8, 4) is 0 Å². The van der Waals surface area contributed by atoms with Crippen molar-refractivity contribution in [1.82, 2.24) is 0 Å². The summed E-state index contributed by atoms with van der Waals surface area (Å²) in [4.78, 5) is 12.2.